The highest BCUT2D eigenvalue weighted by molar-refractivity contribution is 5.80. The number of nitrogens with zero attached hydrogens (tertiary/aromatic N) is 2. The highest BCUT2D eigenvalue weighted by Gasteiger charge is 2.23. The van der Waals surface area contributed by atoms with E-state index in [1.807, 2.05) is 0 Å². The molecule has 0 aromatic heterocycles. The minimum atomic E-state index is -0.494. The predicted octanol–water partition coefficient (Wildman–Crippen LogP) is 0.699. The van der Waals surface area contributed by atoms with Gasteiger partial charge >= 0.3 is 5.69 Å². The highest BCUT2D eigenvalue weighted by Crippen LogP contribution is 2.34. The lowest BCUT2D eigenvalue weighted by molar-refractivity contribution is -0.383. The van der Waals surface area contributed by atoms with Crippen molar-refractivity contribution in [3.05, 3.63) is 28.3 Å². The summed E-state index contributed by atoms with van der Waals surface area (Å²) in [7, 11) is 3.25. The molecule has 8 nitrogen and oxygen atoms in total. The quantitative estimate of drug-likeness (QED) is 0.402. The molecule has 1 aromatic rings. The van der Waals surface area contributed by atoms with E-state index in [1.165, 1.54) is 6.07 Å². The van der Waals surface area contributed by atoms with Crippen LogP contribution in [0.4, 0.5) is 17.1 Å². The summed E-state index contributed by atoms with van der Waals surface area (Å²) >= 11 is 0. The van der Waals surface area contributed by atoms with Gasteiger partial charge in [0.1, 0.15) is 11.4 Å². The van der Waals surface area contributed by atoms with Gasteiger partial charge in [-0.25, -0.2) is 0 Å². The van der Waals surface area contributed by atoms with Crippen molar-refractivity contribution in [1.82, 2.24) is 5.32 Å². The minimum Gasteiger partial charge on any atom is -0.368 e. The third-order valence-corrected chi connectivity index (χ3v) is 3.01. The fraction of sp³-hybridized carbons (Fsp3) is 0.417. The number of rotatable bonds is 6. The summed E-state index contributed by atoms with van der Waals surface area (Å²) in [6.45, 7) is 2.11. The number of anilines is 2. The Labute approximate surface area is 117 Å². The zero-order chi connectivity index (χ0) is 15.3. The van der Waals surface area contributed by atoms with Crippen LogP contribution in [0.1, 0.15) is 6.92 Å². The van der Waals surface area contributed by atoms with Crippen molar-refractivity contribution in [2.75, 3.05) is 31.0 Å². The van der Waals surface area contributed by atoms with Gasteiger partial charge in [-0.3, -0.25) is 20.8 Å². The second-order valence-corrected chi connectivity index (χ2v) is 4.47. The van der Waals surface area contributed by atoms with E-state index in [9.17, 15) is 14.9 Å². The lowest BCUT2D eigenvalue weighted by Gasteiger charge is -2.23. The molecule has 0 saturated carbocycles. The minimum absolute atomic E-state index is 0.110. The van der Waals surface area contributed by atoms with Gasteiger partial charge in [0.15, 0.2) is 0 Å². The molecule has 0 aliphatic carbocycles. The second-order valence-electron chi connectivity index (χ2n) is 4.47. The normalized spacial score (nSPS) is 11.6. The number of hydrogen-bond donors (Lipinski definition) is 3. The van der Waals surface area contributed by atoms with Crippen LogP contribution in [0.2, 0.25) is 0 Å². The molecule has 8 heteroatoms. The molecule has 0 fully saturated rings. The SMILES string of the molecule is CNC(=O)C(C)CN(C)c1cccc(NN)c1[N+](=O)[O-]. The van der Waals surface area contributed by atoms with E-state index in [0.29, 0.717) is 12.2 Å². The largest absolute Gasteiger partial charge is 0.368 e. The number of nitrogens with two attached hydrogens (primary N) is 1. The number of para-hydroxylation sites is 1. The van der Waals surface area contributed by atoms with Gasteiger partial charge in [-0.05, 0) is 12.1 Å². The van der Waals surface area contributed by atoms with Crippen LogP contribution in [0.5, 0.6) is 0 Å². The van der Waals surface area contributed by atoms with Crippen LogP contribution < -0.4 is 21.5 Å². The van der Waals surface area contributed by atoms with Crippen molar-refractivity contribution in [3.8, 4) is 0 Å². The topological polar surface area (TPSA) is 114 Å². The Hall–Kier alpha value is -2.35. The smallest absolute Gasteiger partial charge is 0.316 e. The van der Waals surface area contributed by atoms with E-state index in [-0.39, 0.29) is 23.2 Å². The van der Waals surface area contributed by atoms with Crippen LogP contribution in [0, 0.1) is 16.0 Å². The highest BCUT2D eigenvalue weighted by atomic mass is 16.6. The zero-order valence-corrected chi connectivity index (χ0v) is 11.7. The van der Waals surface area contributed by atoms with Crippen molar-refractivity contribution in [3.63, 3.8) is 0 Å². The molecule has 0 saturated heterocycles. The first-order valence-electron chi connectivity index (χ1n) is 6.09. The first kappa shape index (κ1) is 15.7. The molecule has 1 aromatic carbocycles. The molecule has 0 spiro atoms. The van der Waals surface area contributed by atoms with Crippen LogP contribution in [0.3, 0.4) is 0 Å². The van der Waals surface area contributed by atoms with E-state index in [4.69, 9.17) is 5.84 Å². The number of nitro groups is 1. The maximum absolute atomic E-state index is 11.5. The number of hydrogen-bond acceptors (Lipinski definition) is 6. The molecular formula is C12H19N5O3. The summed E-state index contributed by atoms with van der Waals surface area (Å²) in [4.78, 5) is 23.9. The number of benzene rings is 1. The molecule has 4 N–H and O–H groups in total. The maximum atomic E-state index is 11.5. The monoisotopic (exact) mass is 281 g/mol. The Morgan fingerprint density at radius 3 is 2.70 bits per heavy atom. The van der Waals surface area contributed by atoms with Crippen LogP contribution in [0.25, 0.3) is 0 Å². The van der Waals surface area contributed by atoms with E-state index in [1.54, 1.807) is 38.1 Å². The summed E-state index contributed by atoms with van der Waals surface area (Å²) in [5, 5.41) is 13.7. The van der Waals surface area contributed by atoms with Crippen molar-refractivity contribution in [2.45, 2.75) is 6.92 Å². The first-order chi connectivity index (χ1) is 9.42. The number of carbonyl (C=O) groups is 1. The fourth-order valence-corrected chi connectivity index (χ4v) is 1.99. The average molecular weight is 281 g/mol. The predicted molar refractivity (Wildman–Crippen MR) is 77.4 cm³/mol. The molecular weight excluding hydrogens is 262 g/mol. The average Bonchev–Trinajstić information content (AvgIpc) is 2.44. The van der Waals surface area contributed by atoms with Gasteiger partial charge < -0.3 is 15.6 Å². The number of nitrogen functional groups attached to an aromatic ring is 1. The summed E-state index contributed by atoms with van der Waals surface area (Å²) in [5.74, 6) is 4.88. The van der Waals surface area contributed by atoms with Gasteiger partial charge in [0.25, 0.3) is 0 Å². The molecule has 0 aliphatic heterocycles. The number of amides is 1. The third-order valence-electron chi connectivity index (χ3n) is 3.01. The Balaban J connectivity index is 3.06. The Bertz CT molecular complexity index is 506. The van der Waals surface area contributed by atoms with Crippen molar-refractivity contribution >= 4 is 23.0 Å². The lowest BCUT2D eigenvalue weighted by Crippen LogP contribution is -2.34. The Morgan fingerprint density at radius 1 is 1.55 bits per heavy atom. The Morgan fingerprint density at radius 2 is 2.20 bits per heavy atom. The molecule has 1 unspecified atom stereocenters. The van der Waals surface area contributed by atoms with Gasteiger partial charge in [-0.1, -0.05) is 13.0 Å². The van der Waals surface area contributed by atoms with Crippen molar-refractivity contribution in [2.24, 2.45) is 11.8 Å². The number of nitro benzene ring substituents is 1. The summed E-state index contributed by atoms with van der Waals surface area (Å²) in [5.41, 5.74) is 2.83. The zero-order valence-electron chi connectivity index (χ0n) is 11.7. The van der Waals surface area contributed by atoms with Crippen LogP contribution >= 0.6 is 0 Å². The van der Waals surface area contributed by atoms with Gasteiger partial charge in [-0.2, -0.15) is 0 Å². The van der Waals surface area contributed by atoms with Crippen LogP contribution in [-0.2, 0) is 4.79 Å². The van der Waals surface area contributed by atoms with Crippen LogP contribution in [-0.4, -0.2) is 31.5 Å². The summed E-state index contributed by atoms with van der Waals surface area (Å²) < 4.78 is 0. The van der Waals surface area contributed by atoms with Gasteiger partial charge in [0.2, 0.25) is 5.91 Å². The van der Waals surface area contributed by atoms with Gasteiger partial charge in [-0.15, -0.1) is 0 Å². The van der Waals surface area contributed by atoms with Crippen molar-refractivity contribution in [1.29, 1.82) is 0 Å². The molecule has 0 radical (unpaired) electrons. The molecule has 1 atom stereocenters. The number of nitrogens with one attached hydrogen (secondary N) is 2. The van der Waals surface area contributed by atoms with Gasteiger partial charge in [0, 0.05) is 20.6 Å². The third kappa shape index (κ3) is 3.35. The first-order valence-corrected chi connectivity index (χ1v) is 6.09. The van der Waals surface area contributed by atoms with E-state index in [0.717, 1.165) is 0 Å². The molecule has 20 heavy (non-hydrogen) atoms. The standard InChI is InChI=1S/C12H19N5O3/c1-8(12(18)14-2)7-16(3)10-6-4-5-9(15-13)11(10)17(19)20/h4-6,8,15H,7,13H2,1-3H3,(H,14,18). The summed E-state index contributed by atoms with van der Waals surface area (Å²) in [6.07, 6.45) is 0. The van der Waals surface area contributed by atoms with Crippen molar-refractivity contribution < 1.29 is 9.72 Å². The Kier molecular flexibility index (Phi) is 5.27. The lowest BCUT2D eigenvalue weighted by atomic mass is 10.1. The van der Waals surface area contributed by atoms with E-state index in [2.05, 4.69) is 10.7 Å². The number of hydrazine groups is 1. The molecule has 1 amide bonds. The van der Waals surface area contributed by atoms with E-state index < -0.39 is 4.92 Å². The number of carbonyl (C=O) groups excluding carboxylic acids is 1. The molecule has 110 valence electrons. The molecule has 0 heterocycles. The maximum Gasteiger partial charge on any atom is 0.316 e. The molecule has 0 bridgehead atoms. The van der Waals surface area contributed by atoms with Crippen LogP contribution in [0.15, 0.2) is 18.2 Å². The second kappa shape index (κ2) is 6.71. The fourth-order valence-electron chi connectivity index (χ4n) is 1.99. The van der Waals surface area contributed by atoms with Gasteiger partial charge in [0.05, 0.1) is 10.8 Å². The molecule has 1 rings (SSSR count). The molecule has 0 aliphatic rings. The van der Waals surface area contributed by atoms with E-state index >= 15 is 0 Å². The summed E-state index contributed by atoms with van der Waals surface area (Å²) in [6, 6.07) is 4.81.